The van der Waals surface area contributed by atoms with Gasteiger partial charge in [0.1, 0.15) is 17.3 Å². The van der Waals surface area contributed by atoms with Crippen LogP contribution in [0.15, 0.2) is 59.9 Å². The van der Waals surface area contributed by atoms with E-state index in [1.165, 1.54) is 19.3 Å². The second kappa shape index (κ2) is 7.92. The third kappa shape index (κ3) is 3.51. The van der Waals surface area contributed by atoms with E-state index in [2.05, 4.69) is 0 Å². The summed E-state index contributed by atoms with van der Waals surface area (Å²) in [6, 6.07) is 7.73. The van der Waals surface area contributed by atoms with Gasteiger partial charge < -0.3 is 24.6 Å². The Morgan fingerprint density at radius 3 is 2.38 bits per heavy atom. The number of phenols is 1. The summed E-state index contributed by atoms with van der Waals surface area (Å²) in [4.78, 5) is 27.3. The van der Waals surface area contributed by atoms with Crippen LogP contribution in [0.5, 0.6) is 11.5 Å². The SMILES string of the molecule is COC(=O)c1cc(C)c(OC(=O)C2=C3C=C(O)C=CC3N(C)c3ccc(O)cc32)c(C)c1. The zero-order chi connectivity index (χ0) is 23.2. The molecule has 164 valence electrons. The van der Waals surface area contributed by atoms with Crippen LogP contribution < -0.4 is 9.64 Å². The van der Waals surface area contributed by atoms with Crippen LogP contribution in [0.2, 0.25) is 0 Å². The Bertz CT molecular complexity index is 1210. The van der Waals surface area contributed by atoms with Gasteiger partial charge in [0.05, 0.1) is 24.3 Å². The number of hydrogen-bond acceptors (Lipinski definition) is 7. The highest BCUT2D eigenvalue weighted by Crippen LogP contribution is 2.42. The highest BCUT2D eigenvalue weighted by molar-refractivity contribution is 6.22. The Balaban J connectivity index is 1.82. The number of carbonyl (C=O) groups excluding carboxylic acids is 2. The number of benzene rings is 2. The Morgan fingerprint density at radius 1 is 1.03 bits per heavy atom. The van der Waals surface area contributed by atoms with Gasteiger partial charge in [-0.1, -0.05) is 6.08 Å². The number of aryl methyl sites for hydroxylation is 2. The number of fused-ring (bicyclic) bond motifs is 2. The zero-order valence-corrected chi connectivity index (χ0v) is 18.2. The lowest BCUT2D eigenvalue weighted by Gasteiger charge is -2.37. The number of phenolic OH excluding ortho intramolecular Hbond substituents is 1. The first-order chi connectivity index (χ1) is 15.2. The average Bonchev–Trinajstić information content (AvgIpc) is 2.75. The number of likely N-dealkylation sites (N-methyl/N-ethyl adjacent to an activating group) is 1. The van der Waals surface area contributed by atoms with Gasteiger partial charge in [0.25, 0.3) is 0 Å². The predicted octanol–water partition coefficient (Wildman–Crippen LogP) is 3.98. The monoisotopic (exact) mass is 433 g/mol. The molecule has 0 bridgehead atoms. The molecule has 2 aromatic carbocycles. The third-order valence-corrected chi connectivity index (χ3v) is 5.69. The van der Waals surface area contributed by atoms with Crippen molar-refractivity contribution in [2.75, 3.05) is 19.1 Å². The fraction of sp³-hybridized carbons (Fsp3) is 0.200. The second-order valence-electron chi connectivity index (χ2n) is 7.84. The van der Waals surface area contributed by atoms with Crippen LogP contribution in [0.25, 0.3) is 5.57 Å². The minimum Gasteiger partial charge on any atom is -0.508 e. The highest BCUT2D eigenvalue weighted by atomic mass is 16.5. The number of allylic oxidation sites excluding steroid dienone is 1. The van der Waals surface area contributed by atoms with E-state index in [4.69, 9.17) is 9.47 Å². The number of aliphatic hydroxyl groups excluding tert-OH is 1. The van der Waals surface area contributed by atoms with Crippen LogP contribution >= 0.6 is 0 Å². The number of methoxy groups -OCH3 is 1. The normalized spacial score (nSPS) is 16.8. The molecule has 0 radical (unpaired) electrons. The van der Waals surface area contributed by atoms with Gasteiger partial charge >= 0.3 is 11.9 Å². The standard InChI is InChI=1S/C25H23NO6/c1-13-9-15(24(29)31-4)10-14(2)23(13)32-25(30)22-18-11-16(27)5-7-20(18)26(3)21-8-6-17(28)12-19(21)22/h5-12,20,27-28H,1-4H3. The van der Waals surface area contributed by atoms with E-state index in [-0.39, 0.29) is 23.1 Å². The maximum absolute atomic E-state index is 13.5. The van der Waals surface area contributed by atoms with E-state index >= 15 is 0 Å². The molecule has 1 heterocycles. The number of ether oxygens (including phenoxy) is 2. The van der Waals surface area contributed by atoms with Gasteiger partial charge in [0, 0.05) is 18.3 Å². The topological polar surface area (TPSA) is 96.3 Å². The number of nitrogens with zero attached hydrogens (tertiary/aromatic N) is 1. The molecule has 1 aliphatic carbocycles. The first kappa shape index (κ1) is 21.2. The fourth-order valence-electron chi connectivity index (χ4n) is 4.20. The van der Waals surface area contributed by atoms with Crippen molar-refractivity contribution in [1.29, 1.82) is 0 Å². The van der Waals surface area contributed by atoms with Gasteiger partial charge in [-0.2, -0.15) is 0 Å². The van der Waals surface area contributed by atoms with Gasteiger partial charge in [0.15, 0.2) is 0 Å². The van der Waals surface area contributed by atoms with Crippen LogP contribution in [0.3, 0.4) is 0 Å². The zero-order valence-electron chi connectivity index (χ0n) is 18.2. The predicted molar refractivity (Wildman–Crippen MR) is 120 cm³/mol. The molecule has 32 heavy (non-hydrogen) atoms. The molecule has 0 spiro atoms. The van der Waals surface area contributed by atoms with E-state index in [1.54, 1.807) is 50.3 Å². The van der Waals surface area contributed by atoms with Gasteiger partial charge in [-0.15, -0.1) is 0 Å². The van der Waals surface area contributed by atoms with Crippen molar-refractivity contribution in [3.05, 3.63) is 82.1 Å². The fourth-order valence-corrected chi connectivity index (χ4v) is 4.20. The van der Waals surface area contributed by atoms with Crippen molar-refractivity contribution >= 4 is 23.2 Å². The number of rotatable bonds is 3. The molecular formula is C25H23NO6. The summed E-state index contributed by atoms with van der Waals surface area (Å²) < 4.78 is 10.6. The molecule has 0 amide bonds. The van der Waals surface area contributed by atoms with Crippen molar-refractivity contribution in [3.8, 4) is 11.5 Å². The number of anilines is 1. The van der Waals surface area contributed by atoms with Crippen LogP contribution in [0, 0.1) is 13.8 Å². The minimum absolute atomic E-state index is 0.0100. The molecule has 0 saturated heterocycles. The molecule has 0 saturated carbocycles. The van der Waals surface area contributed by atoms with E-state index in [0.717, 1.165) is 5.69 Å². The lowest BCUT2D eigenvalue weighted by atomic mass is 9.85. The van der Waals surface area contributed by atoms with Gasteiger partial charge in [-0.25, -0.2) is 9.59 Å². The van der Waals surface area contributed by atoms with Crippen molar-refractivity contribution in [2.45, 2.75) is 19.9 Å². The molecule has 7 heteroatoms. The Hall–Kier alpha value is -4.00. The largest absolute Gasteiger partial charge is 0.508 e. The molecule has 0 aromatic heterocycles. The molecule has 2 aliphatic rings. The van der Waals surface area contributed by atoms with Crippen molar-refractivity contribution < 1.29 is 29.3 Å². The number of aromatic hydroxyl groups is 1. The summed E-state index contributed by atoms with van der Waals surface area (Å²) in [7, 11) is 3.18. The summed E-state index contributed by atoms with van der Waals surface area (Å²) in [5, 5.41) is 20.2. The molecule has 0 fully saturated rings. The van der Waals surface area contributed by atoms with Crippen LogP contribution in [0.4, 0.5) is 5.69 Å². The van der Waals surface area contributed by atoms with E-state index in [9.17, 15) is 19.8 Å². The molecule has 2 aromatic rings. The van der Waals surface area contributed by atoms with Crippen LogP contribution in [0.1, 0.15) is 27.0 Å². The summed E-state index contributed by atoms with van der Waals surface area (Å²) in [5.41, 5.74) is 3.65. The number of carbonyl (C=O) groups is 2. The smallest absolute Gasteiger partial charge is 0.344 e. The lowest BCUT2D eigenvalue weighted by Crippen LogP contribution is -2.38. The van der Waals surface area contributed by atoms with E-state index in [1.807, 2.05) is 11.9 Å². The summed E-state index contributed by atoms with van der Waals surface area (Å²) in [6.45, 7) is 3.48. The first-order valence-electron chi connectivity index (χ1n) is 10.0. The summed E-state index contributed by atoms with van der Waals surface area (Å²) in [5.74, 6) is -0.728. The van der Waals surface area contributed by atoms with Crippen molar-refractivity contribution in [1.82, 2.24) is 0 Å². The van der Waals surface area contributed by atoms with Gasteiger partial charge in [0.2, 0.25) is 0 Å². The average molecular weight is 433 g/mol. The van der Waals surface area contributed by atoms with E-state index in [0.29, 0.717) is 33.6 Å². The summed E-state index contributed by atoms with van der Waals surface area (Å²) in [6.07, 6.45) is 4.92. The highest BCUT2D eigenvalue weighted by Gasteiger charge is 2.35. The quantitative estimate of drug-likeness (QED) is 0.558. The third-order valence-electron chi connectivity index (χ3n) is 5.69. The number of hydrogen-bond donors (Lipinski definition) is 2. The van der Waals surface area contributed by atoms with Crippen LogP contribution in [-0.4, -0.2) is 42.4 Å². The van der Waals surface area contributed by atoms with Crippen molar-refractivity contribution in [3.63, 3.8) is 0 Å². The lowest BCUT2D eigenvalue weighted by molar-refractivity contribution is -0.128. The first-order valence-corrected chi connectivity index (χ1v) is 10.0. The molecule has 2 N–H and O–H groups in total. The molecule has 1 aliphatic heterocycles. The Kier molecular flexibility index (Phi) is 5.26. The van der Waals surface area contributed by atoms with E-state index < -0.39 is 11.9 Å². The Morgan fingerprint density at radius 2 is 1.72 bits per heavy atom. The molecule has 7 nitrogen and oxygen atoms in total. The van der Waals surface area contributed by atoms with Gasteiger partial charge in [-0.3, -0.25) is 0 Å². The molecule has 4 rings (SSSR count). The molecular weight excluding hydrogens is 410 g/mol. The molecule has 1 unspecified atom stereocenters. The number of aliphatic hydroxyl groups is 1. The van der Waals surface area contributed by atoms with Crippen molar-refractivity contribution in [2.24, 2.45) is 0 Å². The minimum atomic E-state index is -0.624. The maximum Gasteiger partial charge on any atom is 0.344 e. The maximum atomic E-state index is 13.5. The van der Waals surface area contributed by atoms with Gasteiger partial charge in [-0.05, 0) is 73.0 Å². The second-order valence-corrected chi connectivity index (χ2v) is 7.84. The Labute approximate surface area is 185 Å². The molecule has 1 atom stereocenters. The summed E-state index contributed by atoms with van der Waals surface area (Å²) >= 11 is 0. The number of esters is 2. The van der Waals surface area contributed by atoms with Crippen LogP contribution in [-0.2, 0) is 9.53 Å².